The van der Waals surface area contributed by atoms with Crippen LogP contribution < -0.4 is 4.74 Å². The van der Waals surface area contributed by atoms with Crippen LogP contribution in [0.2, 0.25) is 0 Å². The van der Waals surface area contributed by atoms with E-state index in [9.17, 15) is 0 Å². The largest absolute Gasteiger partial charge is 0.475 e. The minimum Gasteiger partial charge on any atom is -0.475 e. The van der Waals surface area contributed by atoms with Crippen LogP contribution in [0.25, 0.3) is 10.9 Å². The molecule has 0 saturated carbocycles. The van der Waals surface area contributed by atoms with Crippen LogP contribution in [0.1, 0.15) is 5.69 Å². The molecule has 0 radical (unpaired) electrons. The second kappa shape index (κ2) is 5.35. The summed E-state index contributed by atoms with van der Waals surface area (Å²) in [6.45, 7) is 1.99. The minimum absolute atomic E-state index is 0.0430. The van der Waals surface area contributed by atoms with Crippen LogP contribution in [0, 0.1) is 25.4 Å². The van der Waals surface area contributed by atoms with Crippen LogP contribution in [0.15, 0.2) is 18.2 Å². The van der Waals surface area contributed by atoms with Gasteiger partial charge < -0.3 is 4.74 Å². The van der Waals surface area contributed by atoms with Crippen molar-refractivity contribution in [2.24, 2.45) is 0 Å². The number of pyridine rings is 1. The number of nitrogens with zero attached hydrogens (tertiary/aromatic N) is 2. The van der Waals surface area contributed by atoms with Crippen LogP contribution in [0.3, 0.4) is 0 Å². The Balaban J connectivity index is 2.72. The quantitative estimate of drug-likeness (QED) is 0.657. The maximum absolute atomic E-state index is 8.60. The van der Waals surface area contributed by atoms with Crippen molar-refractivity contribution in [3.63, 3.8) is 0 Å². The first-order valence-corrected chi connectivity index (χ1v) is 7.04. The second-order valence-electron chi connectivity index (χ2n) is 3.46. The van der Waals surface area contributed by atoms with E-state index in [0.29, 0.717) is 5.75 Å². The highest BCUT2D eigenvalue weighted by atomic mass is 127. The number of fused-ring (bicyclic) bond motifs is 1. The van der Waals surface area contributed by atoms with Gasteiger partial charge in [0.15, 0.2) is 12.4 Å². The van der Waals surface area contributed by atoms with Gasteiger partial charge in [-0.05, 0) is 70.3 Å². The highest BCUT2D eigenvalue weighted by molar-refractivity contribution is 14.1. The predicted octanol–water partition coefficient (Wildman–Crippen LogP) is 3.65. The molecule has 0 fully saturated rings. The SMILES string of the molecule is Cc1ccc2c(I)cc(I)c(OCC#N)c2n1. The Morgan fingerprint density at radius 2 is 2.12 bits per heavy atom. The Labute approximate surface area is 126 Å². The predicted molar refractivity (Wildman–Crippen MR) is 83.0 cm³/mol. The Bertz CT molecular complexity index is 620. The molecule has 17 heavy (non-hydrogen) atoms. The van der Waals surface area contributed by atoms with Gasteiger partial charge in [0.2, 0.25) is 0 Å². The van der Waals surface area contributed by atoms with Gasteiger partial charge in [-0.3, -0.25) is 0 Å². The summed E-state index contributed by atoms with van der Waals surface area (Å²) in [6, 6.07) is 8.03. The molecule has 1 heterocycles. The van der Waals surface area contributed by atoms with Crippen LogP contribution in [-0.4, -0.2) is 11.6 Å². The zero-order valence-electron chi connectivity index (χ0n) is 9.00. The number of hydrogen-bond donors (Lipinski definition) is 0. The van der Waals surface area contributed by atoms with Gasteiger partial charge in [-0.1, -0.05) is 0 Å². The van der Waals surface area contributed by atoms with Gasteiger partial charge in [0.1, 0.15) is 11.6 Å². The van der Waals surface area contributed by atoms with Gasteiger partial charge >= 0.3 is 0 Å². The van der Waals surface area contributed by atoms with Crippen molar-refractivity contribution < 1.29 is 4.74 Å². The fourth-order valence-electron chi connectivity index (χ4n) is 1.53. The number of rotatable bonds is 2. The standard InChI is InChI=1S/C12H8I2N2O/c1-7-2-3-8-9(13)6-10(14)12(11(8)16-7)17-5-4-15/h2-3,6H,5H2,1H3. The molecule has 0 saturated heterocycles. The average Bonchev–Trinajstić information content (AvgIpc) is 2.28. The third kappa shape index (κ3) is 2.63. The molecule has 0 amide bonds. The van der Waals surface area contributed by atoms with Gasteiger partial charge in [-0.15, -0.1) is 0 Å². The monoisotopic (exact) mass is 450 g/mol. The van der Waals surface area contributed by atoms with Gasteiger partial charge in [-0.2, -0.15) is 5.26 Å². The number of aryl methyl sites for hydroxylation is 1. The number of benzene rings is 1. The molecular weight excluding hydrogens is 442 g/mol. The highest BCUT2D eigenvalue weighted by Crippen LogP contribution is 2.33. The summed E-state index contributed by atoms with van der Waals surface area (Å²) in [5.41, 5.74) is 1.77. The lowest BCUT2D eigenvalue weighted by Crippen LogP contribution is -1.99. The molecule has 2 rings (SSSR count). The summed E-state index contributed by atoms with van der Waals surface area (Å²) in [7, 11) is 0. The lowest BCUT2D eigenvalue weighted by Gasteiger charge is -2.10. The van der Waals surface area contributed by atoms with Crippen LogP contribution in [0.5, 0.6) is 5.75 Å². The van der Waals surface area contributed by atoms with Gasteiger partial charge in [0.05, 0.1) is 3.57 Å². The van der Waals surface area contributed by atoms with Crippen molar-refractivity contribution in [2.45, 2.75) is 6.92 Å². The van der Waals surface area contributed by atoms with E-state index in [-0.39, 0.29) is 6.61 Å². The van der Waals surface area contributed by atoms with Crippen LogP contribution in [-0.2, 0) is 0 Å². The molecule has 3 nitrogen and oxygen atoms in total. The first-order chi connectivity index (χ1) is 8.13. The van der Waals surface area contributed by atoms with E-state index >= 15 is 0 Å². The second-order valence-corrected chi connectivity index (χ2v) is 5.79. The Kier molecular flexibility index (Phi) is 4.04. The Hall–Kier alpha value is -0.620. The molecule has 0 aliphatic carbocycles. The van der Waals surface area contributed by atoms with Gasteiger partial charge in [-0.25, -0.2) is 4.98 Å². The molecule has 0 N–H and O–H groups in total. The molecule has 86 valence electrons. The summed E-state index contributed by atoms with van der Waals surface area (Å²) in [5.74, 6) is 0.700. The zero-order valence-corrected chi connectivity index (χ0v) is 13.3. The van der Waals surface area contributed by atoms with E-state index in [0.717, 1.165) is 23.7 Å². The van der Waals surface area contributed by atoms with Crippen LogP contribution in [0.4, 0.5) is 0 Å². The maximum atomic E-state index is 8.60. The molecule has 0 aliphatic rings. The molecule has 1 aromatic heterocycles. The fourth-order valence-corrected chi connectivity index (χ4v) is 3.60. The van der Waals surface area contributed by atoms with Crippen molar-refractivity contribution >= 4 is 56.1 Å². The number of aromatic nitrogens is 1. The minimum atomic E-state index is 0.0430. The Morgan fingerprint density at radius 3 is 2.82 bits per heavy atom. The fraction of sp³-hybridized carbons (Fsp3) is 0.167. The van der Waals surface area contributed by atoms with E-state index < -0.39 is 0 Å². The number of nitriles is 1. The highest BCUT2D eigenvalue weighted by Gasteiger charge is 2.12. The van der Waals surface area contributed by atoms with E-state index in [4.69, 9.17) is 10.00 Å². The molecule has 0 spiro atoms. The molecule has 0 bridgehead atoms. The normalized spacial score (nSPS) is 10.2. The lowest BCUT2D eigenvalue weighted by atomic mass is 10.2. The molecule has 1 aromatic carbocycles. The average molecular weight is 450 g/mol. The maximum Gasteiger partial charge on any atom is 0.174 e. The number of halogens is 2. The lowest BCUT2D eigenvalue weighted by molar-refractivity contribution is 0.369. The summed E-state index contributed by atoms with van der Waals surface area (Å²) < 4.78 is 7.59. The smallest absolute Gasteiger partial charge is 0.174 e. The molecular formula is C12H8I2N2O. The molecule has 2 aromatic rings. The molecule has 5 heteroatoms. The van der Waals surface area contributed by atoms with E-state index in [1.165, 1.54) is 0 Å². The van der Waals surface area contributed by atoms with Crippen molar-refractivity contribution in [3.8, 4) is 11.8 Å². The number of ether oxygens (including phenoxy) is 1. The van der Waals surface area contributed by atoms with Gasteiger partial charge in [0, 0.05) is 14.7 Å². The zero-order chi connectivity index (χ0) is 12.4. The summed E-state index contributed by atoms with van der Waals surface area (Å²) in [4.78, 5) is 4.51. The molecule has 0 unspecified atom stereocenters. The Morgan fingerprint density at radius 1 is 1.35 bits per heavy atom. The third-order valence-electron chi connectivity index (χ3n) is 2.26. The van der Waals surface area contributed by atoms with E-state index in [1.54, 1.807) is 0 Å². The first-order valence-electron chi connectivity index (χ1n) is 4.88. The van der Waals surface area contributed by atoms with Crippen molar-refractivity contribution in [2.75, 3.05) is 6.61 Å². The third-order valence-corrected chi connectivity index (χ3v) is 3.95. The van der Waals surface area contributed by atoms with E-state index in [2.05, 4.69) is 50.2 Å². The first kappa shape index (κ1) is 12.8. The van der Waals surface area contributed by atoms with Crippen molar-refractivity contribution in [1.29, 1.82) is 5.26 Å². The topological polar surface area (TPSA) is 45.9 Å². The molecule has 0 aliphatic heterocycles. The van der Waals surface area contributed by atoms with Crippen LogP contribution >= 0.6 is 45.2 Å². The van der Waals surface area contributed by atoms with Crippen molar-refractivity contribution in [3.05, 3.63) is 31.0 Å². The summed E-state index contributed by atoms with van der Waals surface area (Å²) in [5, 5.41) is 9.66. The number of hydrogen-bond acceptors (Lipinski definition) is 3. The molecule has 0 atom stereocenters. The van der Waals surface area contributed by atoms with E-state index in [1.807, 2.05) is 31.2 Å². The van der Waals surface area contributed by atoms with Gasteiger partial charge in [0.25, 0.3) is 0 Å². The summed E-state index contributed by atoms with van der Waals surface area (Å²) in [6.07, 6.45) is 0. The summed E-state index contributed by atoms with van der Waals surface area (Å²) >= 11 is 4.49. The van der Waals surface area contributed by atoms with Crippen molar-refractivity contribution in [1.82, 2.24) is 4.98 Å².